The number of aromatic nitrogens is 1. The number of anilines is 2. The molecule has 0 aromatic carbocycles. The van der Waals surface area contributed by atoms with Crippen LogP contribution in [-0.2, 0) is 0 Å². The van der Waals surface area contributed by atoms with Crippen LogP contribution in [0, 0.1) is 0 Å². The molecule has 46 valence electrons. The monoisotopic (exact) mass is 123 g/mol. The Labute approximate surface area is 51.7 Å². The molecule has 1 aromatic heterocycles. The van der Waals surface area contributed by atoms with E-state index in [1.165, 1.54) is 5.01 Å². The summed E-state index contributed by atoms with van der Waals surface area (Å²) in [5.74, 6) is 0. The van der Waals surface area contributed by atoms with Gasteiger partial charge in [-0.05, 0) is 6.07 Å². The molecule has 2 rings (SSSR count). The maximum absolute atomic E-state index is 8.38. The zero-order chi connectivity index (χ0) is 6.27. The van der Waals surface area contributed by atoms with Gasteiger partial charge in [-0.1, -0.05) is 0 Å². The third-order valence-corrected chi connectivity index (χ3v) is 1.31. The molecule has 0 fully saturated rings. The highest BCUT2D eigenvalue weighted by Crippen LogP contribution is 2.43. The Kier molecular flexibility index (Phi) is 0.750. The number of nitrogens with zero attached hydrogens (tertiary/aromatic N) is 2. The molecule has 2 heterocycles. The predicted octanol–water partition coefficient (Wildman–Crippen LogP) is 0.427. The fourth-order valence-corrected chi connectivity index (χ4v) is 0.810. The van der Waals surface area contributed by atoms with E-state index in [1.54, 1.807) is 12.4 Å². The van der Waals surface area contributed by atoms with Gasteiger partial charge < -0.3 is 0 Å². The van der Waals surface area contributed by atoms with E-state index >= 15 is 0 Å². The Balaban J connectivity index is 2.35. The van der Waals surface area contributed by atoms with Crippen molar-refractivity contribution in [2.45, 2.75) is 0 Å². The van der Waals surface area contributed by atoms with Crippen molar-refractivity contribution in [3.63, 3.8) is 0 Å². The summed E-state index contributed by atoms with van der Waals surface area (Å²) in [6.07, 6.45) is 3.36. The minimum atomic E-state index is 0.931. The molecule has 0 aliphatic carbocycles. The molecule has 0 bridgehead atoms. The van der Waals surface area contributed by atoms with Gasteiger partial charge in [0.1, 0.15) is 5.69 Å². The molecule has 1 aliphatic heterocycles. The SMILES string of the molecule is ONN1c2ccncc21. The average Bonchev–Trinajstić information content (AvgIpc) is 2.60. The van der Waals surface area contributed by atoms with E-state index in [0.717, 1.165) is 11.4 Å². The first-order valence-electron chi connectivity index (χ1n) is 2.57. The molecule has 9 heavy (non-hydrogen) atoms. The van der Waals surface area contributed by atoms with Crippen LogP contribution in [0.25, 0.3) is 0 Å². The van der Waals surface area contributed by atoms with Gasteiger partial charge in [0.2, 0.25) is 0 Å². The zero-order valence-corrected chi connectivity index (χ0v) is 4.57. The summed E-state index contributed by atoms with van der Waals surface area (Å²) in [6, 6.07) is 1.82. The van der Waals surface area contributed by atoms with Crippen molar-refractivity contribution in [3.05, 3.63) is 18.5 Å². The second-order valence-corrected chi connectivity index (χ2v) is 1.80. The summed E-state index contributed by atoms with van der Waals surface area (Å²) in [4.78, 5) is 3.84. The minimum Gasteiger partial charge on any atom is -0.297 e. The summed E-state index contributed by atoms with van der Waals surface area (Å²) >= 11 is 0. The fraction of sp³-hybridized carbons (Fsp3) is 0. The molecule has 0 saturated carbocycles. The third kappa shape index (κ3) is 0.510. The molecular weight excluding hydrogens is 118 g/mol. The second-order valence-electron chi connectivity index (χ2n) is 1.80. The van der Waals surface area contributed by atoms with Crippen molar-refractivity contribution in [1.29, 1.82) is 0 Å². The van der Waals surface area contributed by atoms with Gasteiger partial charge in [0.15, 0.2) is 0 Å². The van der Waals surface area contributed by atoms with Gasteiger partial charge in [0.05, 0.1) is 11.9 Å². The van der Waals surface area contributed by atoms with Gasteiger partial charge >= 0.3 is 0 Å². The van der Waals surface area contributed by atoms with Crippen LogP contribution in [-0.4, -0.2) is 10.2 Å². The molecule has 0 saturated heterocycles. The lowest BCUT2D eigenvalue weighted by Gasteiger charge is -1.91. The van der Waals surface area contributed by atoms with Gasteiger partial charge in [-0.25, -0.2) is 5.01 Å². The van der Waals surface area contributed by atoms with Crippen molar-refractivity contribution in [2.75, 3.05) is 5.01 Å². The normalized spacial score (nSPS) is 13.2. The molecule has 1 aliphatic rings. The van der Waals surface area contributed by atoms with Crippen molar-refractivity contribution < 1.29 is 5.21 Å². The number of nitrogens with one attached hydrogen (secondary N) is 1. The van der Waals surface area contributed by atoms with Crippen LogP contribution < -0.4 is 10.6 Å². The zero-order valence-electron chi connectivity index (χ0n) is 4.57. The number of hydrogen-bond donors (Lipinski definition) is 2. The van der Waals surface area contributed by atoms with Crippen molar-refractivity contribution in [2.24, 2.45) is 0 Å². The van der Waals surface area contributed by atoms with E-state index in [1.807, 2.05) is 11.7 Å². The van der Waals surface area contributed by atoms with Gasteiger partial charge in [0, 0.05) is 6.20 Å². The number of fused-ring (bicyclic) bond motifs is 1. The van der Waals surface area contributed by atoms with Crippen LogP contribution in [0.2, 0.25) is 0 Å². The average molecular weight is 123 g/mol. The van der Waals surface area contributed by atoms with E-state index in [2.05, 4.69) is 4.98 Å². The molecule has 0 atom stereocenters. The van der Waals surface area contributed by atoms with Crippen LogP contribution in [0.4, 0.5) is 11.4 Å². The van der Waals surface area contributed by atoms with Crippen LogP contribution in [0.3, 0.4) is 0 Å². The Morgan fingerprint density at radius 3 is 3.00 bits per heavy atom. The van der Waals surface area contributed by atoms with Gasteiger partial charge in [0.25, 0.3) is 0 Å². The Hall–Kier alpha value is -1.13. The van der Waals surface area contributed by atoms with E-state index in [0.29, 0.717) is 0 Å². The van der Waals surface area contributed by atoms with E-state index in [-0.39, 0.29) is 0 Å². The summed E-state index contributed by atoms with van der Waals surface area (Å²) < 4.78 is 0. The van der Waals surface area contributed by atoms with Gasteiger partial charge in [-0.15, -0.1) is 5.59 Å². The lowest BCUT2D eigenvalue weighted by molar-refractivity contribution is 0.176. The van der Waals surface area contributed by atoms with Gasteiger partial charge in [-0.2, -0.15) is 0 Å². The highest BCUT2D eigenvalue weighted by atomic mass is 16.5. The number of hydrazine groups is 1. The minimum absolute atomic E-state index is 0.931. The van der Waals surface area contributed by atoms with Gasteiger partial charge in [-0.3, -0.25) is 10.2 Å². The summed E-state index contributed by atoms with van der Waals surface area (Å²) in [6.45, 7) is 0. The van der Waals surface area contributed by atoms with Crippen LogP contribution in [0.15, 0.2) is 18.5 Å². The molecule has 2 N–H and O–H groups in total. The number of rotatable bonds is 1. The molecule has 0 spiro atoms. The van der Waals surface area contributed by atoms with E-state index in [4.69, 9.17) is 5.21 Å². The maximum atomic E-state index is 8.38. The van der Waals surface area contributed by atoms with E-state index < -0.39 is 0 Å². The van der Waals surface area contributed by atoms with Crippen LogP contribution in [0.5, 0.6) is 0 Å². The Bertz CT molecular complexity index is 214. The Morgan fingerprint density at radius 1 is 1.56 bits per heavy atom. The molecule has 1 aromatic rings. The molecule has 0 amide bonds. The van der Waals surface area contributed by atoms with Crippen LogP contribution in [0.1, 0.15) is 0 Å². The lowest BCUT2D eigenvalue weighted by Crippen LogP contribution is -2.17. The smallest absolute Gasteiger partial charge is 0.104 e. The highest BCUT2D eigenvalue weighted by Gasteiger charge is 2.27. The number of pyridine rings is 1. The summed E-state index contributed by atoms with van der Waals surface area (Å²) in [5, 5.41) is 9.91. The van der Waals surface area contributed by atoms with Crippen LogP contribution >= 0.6 is 0 Å². The lowest BCUT2D eigenvalue weighted by atomic mass is 10.5. The summed E-state index contributed by atoms with van der Waals surface area (Å²) in [7, 11) is 0. The topological polar surface area (TPSA) is 48.2 Å². The fourth-order valence-electron chi connectivity index (χ4n) is 0.810. The second kappa shape index (κ2) is 1.43. The largest absolute Gasteiger partial charge is 0.297 e. The number of hydrogen-bond acceptors (Lipinski definition) is 4. The molecular formula is C5H5N3O. The third-order valence-electron chi connectivity index (χ3n) is 1.31. The maximum Gasteiger partial charge on any atom is 0.104 e. The molecule has 0 unspecified atom stereocenters. The predicted molar refractivity (Wildman–Crippen MR) is 31.3 cm³/mol. The van der Waals surface area contributed by atoms with Crippen molar-refractivity contribution in [1.82, 2.24) is 10.6 Å². The molecule has 4 heteroatoms. The molecule has 4 nitrogen and oxygen atoms in total. The molecule has 0 radical (unpaired) electrons. The summed E-state index contributed by atoms with van der Waals surface area (Å²) in [5.41, 5.74) is 3.91. The quantitative estimate of drug-likeness (QED) is 0.420. The first kappa shape index (κ1) is 4.72. The van der Waals surface area contributed by atoms with Crippen molar-refractivity contribution in [3.8, 4) is 0 Å². The van der Waals surface area contributed by atoms with Crippen molar-refractivity contribution >= 4 is 11.4 Å². The highest BCUT2D eigenvalue weighted by molar-refractivity contribution is 5.90. The first-order valence-corrected chi connectivity index (χ1v) is 2.57. The Morgan fingerprint density at radius 2 is 2.44 bits per heavy atom. The standard InChI is InChI=1S/C5H5N3O/c9-7-8-4-1-2-6-3-5(4)8/h1-3,7,9H. The van der Waals surface area contributed by atoms with E-state index in [9.17, 15) is 0 Å². The first-order chi connectivity index (χ1) is 4.43.